The van der Waals surface area contributed by atoms with Crippen molar-refractivity contribution in [3.63, 3.8) is 0 Å². The maximum Gasteiger partial charge on any atom is 0.266 e. The lowest BCUT2D eigenvalue weighted by molar-refractivity contribution is 0.0925. The maximum atomic E-state index is 13.0. The van der Waals surface area contributed by atoms with Crippen molar-refractivity contribution >= 4 is 29.1 Å². The number of fused-ring (bicyclic) bond motifs is 1. The Balaban J connectivity index is 1.68. The molecule has 3 amide bonds. The number of benzene rings is 3. The number of carbonyl (C=O) groups is 3. The van der Waals surface area contributed by atoms with Gasteiger partial charge >= 0.3 is 0 Å². The van der Waals surface area contributed by atoms with Gasteiger partial charge in [-0.05, 0) is 61.4 Å². The van der Waals surface area contributed by atoms with Gasteiger partial charge in [-0.3, -0.25) is 14.4 Å². The first-order chi connectivity index (χ1) is 13.5. The monoisotopic (exact) mass is 370 g/mol. The van der Waals surface area contributed by atoms with Crippen LogP contribution in [0.1, 0.15) is 42.2 Å². The number of anilines is 2. The first kappa shape index (κ1) is 17.7. The minimum atomic E-state index is -0.414. The van der Waals surface area contributed by atoms with Gasteiger partial charge in [0.15, 0.2) is 0 Å². The van der Waals surface area contributed by atoms with Gasteiger partial charge in [0.05, 0.1) is 16.8 Å². The molecule has 0 aromatic heterocycles. The average Bonchev–Trinajstić information content (AvgIpc) is 2.94. The molecular formula is C23H18N2O3. The fraction of sp³-hybridized carbons (Fsp3) is 0.0870. The summed E-state index contributed by atoms with van der Waals surface area (Å²) >= 11 is 0. The van der Waals surface area contributed by atoms with E-state index < -0.39 is 5.91 Å². The molecule has 1 aliphatic heterocycles. The van der Waals surface area contributed by atoms with E-state index in [-0.39, 0.29) is 17.4 Å². The van der Waals surface area contributed by atoms with Crippen LogP contribution in [0.3, 0.4) is 0 Å². The van der Waals surface area contributed by atoms with Crippen molar-refractivity contribution in [2.45, 2.75) is 13.8 Å². The van der Waals surface area contributed by atoms with E-state index in [1.165, 1.54) is 11.0 Å². The van der Waals surface area contributed by atoms with Crippen LogP contribution >= 0.6 is 0 Å². The van der Waals surface area contributed by atoms with Crippen molar-refractivity contribution in [2.24, 2.45) is 0 Å². The summed E-state index contributed by atoms with van der Waals surface area (Å²) in [4.78, 5) is 39.5. The Kier molecular flexibility index (Phi) is 4.28. The van der Waals surface area contributed by atoms with Gasteiger partial charge in [-0.25, -0.2) is 4.90 Å². The summed E-state index contributed by atoms with van der Waals surface area (Å²) in [5.41, 5.74) is 3.90. The molecule has 138 valence electrons. The largest absolute Gasteiger partial charge is 0.322 e. The molecule has 0 spiro atoms. The molecule has 0 radical (unpaired) electrons. The van der Waals surface area contributed by atoms with E-state index >= 15 is 0 Å². The summed E-state index contributed by atoms with van der Waals surface area (Å²) in [6.07, 6.45) is 0. The van der Waals surface area contributed by atoms with Crippen LogP contribution in [0.25, 0.3) is 0 Å². The molecule has 3 aromatic carbocycles. The molecule has 0 atom stereocenters. The van der Waals surface area contributed by atoms with E-state index in [1.807, 2.05) is 50.2 Å². The summed E-state index contributed by atoms with van der Waals surface area (Å²) in [6, 6.07) is 19.3. The third-order valence-electron chi connectivity index (χ3n) is 4.79. The Morgan fingerprint density at radius 3 is 2.29 bits per heavy atom. The quantitative estimate of drug-likeness (QED) is 0.697. The second-order valence-corrected chi connectivity index (χ2v) is 6.82. The number of imide groups is 1. The molecule has 1 N–H and O–H groups in total. The SMILES string of the molecule is Cc1ccc(C)c(N2C(=O)c3ccc(C(=O)Nc4ccccc4)cc3C2=O)c1. The second-order valence-electron chi connectivity index (χ2n) is 6.82. The number of nitrogens with zero attached hydrogens (tertiary/aromatic N) is 1. The van der Waals surface area contributed by atoms with E-state index in [0.29, 0.717) is 22.5 Å². The number of hydrogen-bond donors (Lipinski definition) is 1. The van der Waals surface area contributed by atoms with Crippen molar-refractivity contribution in [1.29, 1.82) is 0 Å². The topological polar surface area (TPSA) is 66.5 Å². The highest BCUT2D eigenvalue weighted by Crippen LogP contribution is 2.31. The van der Waals surface area contributed by atoms with E-state index in [1.54, 1.807) is 24.3 Å². The van der Waals surface area contributed by atoms with Crippen molar-refractivity contribution in [3.8, 4) is 0 Å². The standard InChI is InChI=1S/C23H18N2O3/c1-14-8-9-15(2)20(12-14)25-22(27)18-11-10-16(13-19(18)23(25)28)21(26)24-17-6-4-3-5-7-17/h3-13H,1-2H3,(H,24,26). The molecule has 5 heteroatoms. The van der Waals surface area contributed by atoms with Crippen molar-refractivity contribution < 1.29 is 14.4 Å². The molecule has 0 bridgehead atoms. The molecule has 0 saturated heterocycles. The van der Waals surface area contributed by atoms with E-state index in [2.05, 4.69) is 5.32 Å². The van der Waals surface area contributed by atoms with Crippen LogP contribution in [0, 0.1) is 13.8 Å². The van der Waals surface area contributed by atoms with Gasteiger partial charge in [0.1, 0.15) is 0 Å². The lowest BCUT2D eigenvalue weighted by Crippen LogP contribution is -2.30. The predicted octanol–water partition coefficient (Wildman–Crippen LogP) is 4.36. The van der Waals surface area contributed by atoms with Gasteiger partial charge in [-0.15, -0.1) is 0 Å². The van der Waals surface area contributed by atoms with Crippen LogP contribution in [0.15, 0.2) is 66.7 Å². The Labute approximate surface area is 162 Å². The molecule has 0 aliphatic carbocycles. The Bertz CT molecular complexity index is 1120. The van der Waals surface area contributed by atoms with Crippen LogP contribution in [-0.4, -0.2) is 17.7 Å². The normalized spacial score (nSPS) is 12.9. The molecule has 3 aromatic rings. The number of nitrogens with one attached hydrogen (secondary N) is 1. The summed E-state index contributed by atoms with van der Waals surface area (Å²) < 4.78 is 0. The third kappa shape index (κ3) is 2.97. The summed E-state index contributed by atoms with van der Waals surface area (Å²) in [5.74, 6) is -1.12. The van der Waals surface area contributed by atoms with Gasteiger partial charge in [0, 0.05) is 11.3 Å². The van der Waals surface area contributed by atoms with Gasteiger partial charge in [0.2, 0.25) is 0 Å². The third-order valence-corrected chi connectivity index (χ3v) is 4.79. The minimum absolute atomic E-state index is 0.242. The molecule has 28 heavy (non-hydrogen) atoms. The zero-order valence-corrected chi connectivity index (χ0v) is 15.5. The summed E-state index contributed by atoms with van der Waals surface area (Å²) in [7, 11) is 0. The van der Waals surface area contributed by atoms with Gasteiger partial charge in [-0.2, -0.15) is 0 Å². The van der Waals surface area contributed by atoms with E-state index in [0.717, 1.165) is 11.1 Å². The van der Waals surface area contributed by atoms with Gasteiger partial charge in [0.25, 0.3) is 17.7 Å². The summed E-state index contributed by atoms with van der Waals surface area (Å²) in [5, 5.41) is 2.79. The fourth-order valence-corrected chi connectivity index (χ4v) is 3.29. The Morgan fingerprint density at radius 1 is 0.821 bits per heavy atom. The zero-order valence-electron chi connectivity index (χ0n) is 15.5. The Morgan fingerprint density at radius 2 is 1.54 bits per heavy atom. The Hall–Kier alpha value is -3.73. The molecular weight excluding hydrogens is 352 g/mol. The highest BCUT2D eigenvalue weighted by Gasteiger charge is 2.37. The molecule has 1 heterocycles. The molecule has 5 nitrogen and oxygen atoms in total. The van der Waals surface area contributed by atoms with E-state index in [9.17, 15) is 14.4 Å². The molecule has 0 fully saturated rings. The smallest absolute Gasteiger partial charge is 0.266 e. The molecule has 4 rings (SSSR count). The molecule has 0 unspecified atom stereocenters. The van der Waals surface area contributed by atoms with Crippen LogP contribution in [0.5, 0.6) is 0 Å². The predicted molar refractivity (Wildman–Crippen MR) is 108 cm³/mol. The maximum absolute atomic E-state index is 13.0. The number of para-hydroxylation sites is 1. The van der Waals surface area contributed by atoms with Gasteiger partial charge < -0.3 is 5.32 Å². The fourth-order valence-electron chi connectivity index (χ4n) is 3.29. The van der Waals surface area contributed by atoms with Crippen LogP contribution in [0.4, 0.5) is 11.4 Å². The molecule has 0 saturated carbocycles. The zero-order chi connectivity index (χ0) is 19.8. The lowest BCUT2D eigenvalue weighted by atomic mass is 10.1. The number of aryl methyl sites for hydroxylation is 2. The minimum Gasteiger partial charge on any atom is -0.322 e. The van der Waals surface area contributed by atoms with Crippen LogP contribution in [-0.2, 0) is 0 Å². The highest BCUT2D eigenvalue weighted by molar-refractivity contribution is 6.35. The van der Waals surface area contributed by atoms with E-state index in [4.69, 9.17) is 0 Å². The first-order valence-corrected chi connectivity index (χ1v) is 8.92. The van der Waals surface area contributed by atoms with Crippen molar-refractivity contribution in [1.82, 2.24) is 0 Å². The summed E-state index contributed by atoms with van der Waals surface area (Å²) in [6.45, 7) is 3.77. The van der Waals surface area contributed by atoms with Crippen molar-refractivity contribution in [3.05, 3.63) is 94.5 Å². The number of hydrogen-bond acceptors (Lipinski definition) is 3. The number of rotatable bonds is 3. The van der Waals surface area contributed by atoms with Crippen LogP contribution < -0.4 is 10.2 Å². The number of amides is 3. The highest BCUT2D eigenvalue weighted by atomic mass is 16.2. The number of carbonyl (C=O) groups excluding carboxylic acids is 3. The van der Waals surface area contributed by atoms with Crippen LogP contribution in [0.2, 0.25) is 0 Å². The average molecular weight is 370 g/mol. The van der Waals surface area contributed by atoms with Crippen molar-refractivity contribution in [2.75, 3.05) is 10.2 Å². The second kappa shape index (κ2) is 6.78. The van der Waals surface area contributed by atoms with Gasteiger partial charge in [-0.1, -0.05) is 30.3 Å². The first-order valence-electron chi connectivity index (χ1n) is 8.92. The lowest BCUT2D eigenvalue weighted by Gasteiger charge is -2.17. The molecule has 1 aliphatic rings.